The smallest absolute Gasteiger partial charge is 0.476 e. The van der Waals surface area contributed by atoms with E-state index >= 15 is 0 Å². The Bertz CT molecular complexity index is 2730. The van der Waals surface area contributed by atoms with Gasteiger partial charge in [-0.2, -0.15) is 0 Å². The molecule has 18 heteroatoms. The molecule has 0 aliphatic carbocycles. The lowest BCUT2D eigenvalue weighted by Gasteiger charge is -2.36. The van der Waals surface area contributed by atoms with Gasteiger partial charge in [-0.25, -0.2) is 9.97 Å². The van der Waals surface area contributed by atoms with Crippen LogP contribution in [-0.2, 0) is 9.59 Å². The third kappa shape index (κ3) is 11.1. The molecule has 13 nitrogen and oxygen atoms in total. The molecular weight excluding hydrogens is 896 g/mol. The summed E-state index contributed by atoms with van der Waals surface area (Å²) in [7, 11) is 4.20. The number of halogens is 5. The number of anilines is 4. The Hall–Kier alpha value is -6.07. The maximum Gasteiger partial charge on any atom is 0.573 e. The molecule has 8 rings (SSSR count). The van der Waals surface area contributed by atoms with Crippen LogP contribution in [-0.4, -0.2) is 105 Å². The van der Waals surface area contributed by atoms with Crippen LogP contribution in [0.4, 0.5) is 36.2 Å². The summed E-state index contributed by atoms with van der Waals surface area (Å²) in [4.78, 5) is 45.9. The second-order valence-corrected chi connectivity index (χ2v) is 17.5. The highest BCUT2D eigenvalue weighted by Crippen LogP contribution is 2.35. The van der Waals surface area contributed by atoms with Crippen molar-refractivity contribution in [1.29, 1.82) is 0 Å². The van der Waals surface area contributed by atoms with Crippen LogP contribution in [0.15, 0.2) is 91.0 Å². The number of aromatic nitrogens is 2. The normalized spacial score (nSPS) is 15.7. The van der Waals surface area contributed by atoms with Crippen molar-refractivity contribution in [3.8, 4) is 17.2 Å². The Kier molecular flexibility index (Phi) is 13.9. The molecule has 3 N–H and O–H groups in total. The average Bonchev–Trinajstić information content (AvgIpc) is 3.28. The summed E-state index contributed by atoms with van der Waals surface area (Å²) in [6.07, 6.45) is -6.49. The first-order chi connectivity index (χ1) is 31.6. The molecule has 2 aliphatic rings. The zero-order chi connectivity index (χ0) is 46.7. The molecule has 6 aromatic rings. The van der Waals surface area contributed by atoms with E-state index in [1.165, 1.54) is 12.1 Å². The number of rotatable bonds is 13. The highest BCUT2D eigenvalue weighted by atomic mass is 35.5. The van der Waals surface area contributed by atoms with E-state index in [4.69, 9.17) is 42.6 Å². The number of benzene rings is 4. The molecule has 2 aromatic heterocycles. The summed E-state index contributed by atoms with van der Waals surface area (Å²) in [5.41, 5.74) is 4.06. The Morgan fingerprint density at radius 2 is 1.23 bits per heavy atom. The minimum atomic E-state index is -4.99. The molecule has 0 bridgehead atoms. The van der Waals surface area contributed by atoms with Crippen LogP contribution >= 0.6 is 23.2 Å². The van der Waals surface area contributed by atoms with Crippen molar-refractivity contribution in [1.82, 2.24) is 20.2 Å². The second kappa shape index (κ2) is 19.8. The van der Waals surface area contributed by atoms with E-state index in [1.54, 1.807) is 48.5 Å². The van der Waals surface area contributed by atoms with Gasteiger partial charge < -0.3 is 44.9 Å². The lowest BCUT2D eigenvalue weighted by Crippen LogP contribution is -2.51. The van der Waals surface area contributed by atoms with Gasteiger partial charge >= 0.3 is 6.36 Å². The van der Waals surface area contributed by atoms with E-state index in [2.05, 4.69) is 49.5 Å². The average molecular weight is 946 g/mol. The van der Waals surface area contributed by atoms with Crippen LogP contribution in [0.2, 0.25) is 10.0 Å². The largest absolute Gasteiger partial charge is 0.573 e. The Labute approximate surface area is 390 Å². The lowest BCUT2D eigenvalue weighted by atomic mass is 10.0. The van der Waals surface area contributed by atoms with Gasteiger partial charge in [0.05, 0.1) is 16.1 Å². The number of piperidine rings is 1. The van der Waals surface area contributed by atoms with E-state index in [0.717, 1.165) is 115 Å². The maximum atomic E-state index is 14.7. The first-order valence-electron chi connectivity index (χ1n) is 21.5. The fourth-order valence-electron chi connectivity index (χ4n) is 8.24. The van der Waals surface area contributed by atoms with Gasteiger partial charge in [0.1, 0.15) is 28.9 Å². The molecule has 2 fully saturated rings. The van der Waals surface area contributed by atoms with E-state index < -0.39 is 36.1 Å². The molecule has 0 spiro atoms. The van der Waals surface area contributed by atoms with Gasteiger partial charge in [0, 0.05) is 78.5 Å². The zero-order valence-corrected chi connectivity index (χ0v) is 38.2. The van der Waals surface area contributed by atoms with Crippen LogP contribution in [0.5, 0.6) is 17.2 Å². The SMILES string of the molecule is Cc1cc(N2CCNCC2)nc2ccc(NC(=O)C(Oc3ccc(Cl)cc3)C(Oc3ccc(OC(F)(F)F)cc3Cl)C(=O)Nc3ccc4nc(N5CCC(N(C)C)CC5)cc(C)c4c3)cc12. The van der Waals surface area contributed by atoms with Crippen LogP contribution in [0.1, 0.15) is 24.0 Å². The Morgan fingerprint density at radius 1 is 0.712 bits per heavy atom. The molecular formula is C48H49Cl2F3N8O5. The predicted molar refractivity (Wildman–Crippen MR) is 253 cm³/mol. The first kappa shape index (κ1) is 46.5. The molecule has 2 atom stereocenters. The number of carbonyl (C=O) groups is 2. The van der Waals surface area contributed by atoms with Crippen molar-refractivity contribution in [2.45, 2.75) is 51.3 Å². The number of alkyl halides is 3. The molecule has 4 heterocycles. The van der Waals surface area contributed by atoms with Crippen LogP contribution in [0.25, 0.3) is 21.8 Å². The van der Waals surface area contributed by atoms with Gasteiger partial charge in [0.2, 0.25) is 12.2 Å². The van der Waals surface area contributed by atoms with Crippen LogP contribution in [0.3, 0.4) is 0 Å². The van der Waals surface area contributed by atoms with Gasteiger partial charge in [-0.1, -0.05) is 23.2 Å². The number of carbonyl (C=O) groups excluding carboxylic acids is 2. The molecule has 2 aliphatic heterocycles. The summed E-state index contributed by atoms with van der Waals surface area (Å²) in [5, 5.41) is 10.8. The molecule has 0 saturated carbocycles. The Morgan fingerprint density at radius 3 is 1.74 bits per heavy atom. The predicted octanol–water partition coefficient (Wildman–Crippen LogP) is 9.02. The number of nitrogens with zero attached hydrogens (tertiary/aromatic N) is 5. The number of amides is 2. The van der Waals surface area contributed by atoms with Gasteiger partial charge in [0.25, 0.3) is 11.8 Å². The van der Waals surface area contributed by atoms with Crippen LogP contribution in [0, 0.1) is 13.8 Å². The zero-order valence-electron chi connectivity index (χ0n) is 36.7. The maximum absolute atomic E-state index is 14.7. The lowest BCUT2D eigenvalue weighted by molar-refractivity contribution is -0.274. The monoisotopic (exact) mass is 944 g/mol. The summed E-state index contributed by atoms with van der Waals surface area (Å²) >= 11 is 12.7. The quantitative estimate of drug-likeness (QED) is 0.103. The van der Waals surface area contributed by atoms with E-state index in [1.807, 2.05) is 26.0 Å². The first-order valence-corrected chi connectivity index (χ1v) is 22.3. The molecule has 4 aromatic carbocycles. The summed E-state index contributed by atoms with van der Waals surface area (Å²) < 4.78 is 56.0. The third-order valence-corrected chi connectivity index (χ3v) is 12.3. The van der Waals surface area contributed by atoms with Crippen molar-refractivity contribution in [3.63, 3.8) is 0 Å². The number of hydrogen-bond donors (Lipinski definition) is 3. The van der Waals surface area contributed by atoms with E-state index in [0.29, 0.717) is 22.4 Å². The number of pyridine rings is 2. The minimum absolute atomic E-state index is 0.161. The summed E-state index contributed by atoms with van der Waals surface area (Å²) in [6, 6.07) is 24.2. The molecule has 2 unspecified atom stereocenters. The van der Waals surface area contributed by atoms with Crippen molar-refractivity contribution in [2.24, 2.45) is 0 Å². The topological polar surface area (TPSA) is 133 Å². The minimum Gasteiger partial charge on any atom is -0.476 e. The number of piperazine rings is 1. The summed E-state index contributed by atoms with van der Waals surface area (Å²) in [5.74, 6) is -0.573. The molecule has 2 saturated heterocycles. The standard InChI is InChI=1S/C48H49Cl2F3N8O5/c1-28-23-42(60-19-15-33(16-20-60)59(3)4)57-39-12-8-32(26-36(28)39)56-47(63)45(65-41-14-11-35(27-38(41)50)66-48(51,52)53)44(64-34-9-5-30(49)6-10-34)46(62)55-31-7-13-40-37(25-31)29(2)24-43(58-40)61-21-17-54-18-22-61/h5-14,23-27,33,44-45,54H,15-22H2,1-4H3,(H,55,62)(H,56,63). The fourth-order valence-corrected chi connectivity index (χ4v) is 8.58. The van der Waals surface area contributed by atoms with Gasteiger partial charge in [0.15, 0.2) is 0 Å². The number of aryl methyl sites for hydroxylation is 2. The number of ether oxygens (including phenoxy) is 3. The van der Waals surface area contributed by atoms with Crippen molar-refractivity contribution < 1.29 is 37.0 Å². The third-order valence-electron chi connectivity index (χ3n) is 11.8. The van der Waals surface area contributed by atoms with Crippen molar-refractivity contribution >= 4 is 79.8 Å². The summed E-state index contributed by atoms with van der Waals surface area (Å²) in [6.45, 7) is 9.05. The fraction of sp³-hybridized carbons (Fsp3) is 0.333. The molecule has 66 heavy (non-hydrogen) atoms. The Balaban J connectivity index is 1.12. The van der Waals surface area contributed by atoms with E-state index in [9.17, 15) is 22.8 Å². The van der Waals surface area contributed by atoms with Crippen molar-refractivity contribution in [3.05, 3.63) is 112 Å². The van der Waals surface area contributed by atoms with Crippen LogP contribution < -0.4 is 40.0 Å². The number of nitrogens with one attached hydrogen (secondary N) is 3. The van der Waals surface area contributed by atoms with E-state index in [-0.39, 0.29) is 16.5 Å². The highest BCUT2D eigenvalue weighted by molar-refractivity contribution is 6.32. The molecule has 2 amide bonds. The highest BCUT2D eigenvalue weighted by Gasteiger charge is 2.39. The van der Waals surface area contributed by atoms with Gasteiger partial charge in [-0.05, 0) is 137 Å². The van der Waals surface area contributed by atoms with Gasteiger partial charge in [-0.15, -0.1) is 13.2 Å². The molecule has 0 radical (unpaired) electrons. The van der Waals surface area contributed by atoms with Gasteiger partial charge in [-0.3, -0.25) is 9.59 Å². The number of hydrogen-bond acceptors (Lipinski definition) is 11. The number of fused-ring (bicyclic) bond motifs is 2. The molecule has 346 valence electrons. The second-order valence-electron chi connectivity index (χ2n) is 16.6. The van der Waals surface area contributed by atoms with Crippen molar-refractivity contribution in [2.75, 3.05) is 73.8 Å².